The Morgan fingerprint density at radius 1 is 0.714 bits per heavy atom. The number of fused-ring (bicyclic) bond motifs is 1. The fourth-order valence-corrected chi connectivity index (χ4v) is 5.03. The molecule has 5 rings (SSSR count). The van der Waals surface area contributed by atoms with Crippen LogP contribution in [0.15, 0.2) is 83.6 Å². The van der Waals surface area contributed by atoms with Gasteiger partial charge in [0, 0.05) is 11.5 Å². The number of aromatic nitrogens is 1. The molecular formula is C22H14N2O2S2. The minimum Gasteiger partial charge on any atom is -0.307 e. The highest BCUT2D eigenvalue weighted by Gasteiger charge is 2.20. The van der Waals surface area contributed by atoms with Crippen molar-refractivity contribution >= 4 is 39.1 Å². The number of hydrogen-bond donors (Lipinski definition) is 0. The Morgan fingerprint density at radius 3 is 1.86 bits per heavy atom. The average Bonchev–Trinajstić information content (AvgIpc) is 3.47. The molecule has 0 bridgehead atoms. The van der Waals surface area contributed by atoms with Gasteiger partial charge in [-0.3, -0.25) is 10.1 Å². The molecule has 0 unspecified atom stereocenters. The van der Waals surface area contributed by atoms with Gasteiger partial charge in [-0.15, -0.1) is 22.7 Å². The lowest BCUT2D eigenvalue weighted by molar-refractivity contribution is -0.383. The van der Waals surface area contributed by atoms with Crippen LogP contribution in [0.1, 0.15) is 0 Å². The van der Waals surface area contributed by atoms with Crippen LogP contribution in [0, 0.1) is 10.1 Å². The molecule has 3 heterocycles. The maximum absolute atomic E-state index is 11.5. The molecule has 0 aliphatic heterocycles. The third kappa shape index (κ3) is 2.66. The highest BCUT2D eigenvalue weighted by molar-refractivity contribution is 7.14. The van der Waals surface area contributed by atoms with Gasteiger partial charge in [-0.05, 0) is 47.2 Å². The summed E-state index contributed by atoms with van der Waals surface area (Å²) >= 11 is 3.37. The molecule has 0 aliphatic rings. The van der Waals surface area contributed by atoms with Crippen molar-refractivity contribution in [2.45, 2.75) is 0 Å². The lowest BCUT2D eigenvalue weighted by Crippen LogP contribution is -2.00. The number of benzene rings is 2. The van der Waals surface area contributed by atoms with Crippen LogP contribution >= 0.6 is 22.7 Å². The molecule has 0 saturated heterocycles. The van der Waals surface area contributed by atoms with Gasteiger partial charge in [0.25, 0.3) is 5.69 Å². The highest BCUT2D eigenvalue weighted by Crippen LogP contribution is 2.39. The van der Waals surface area contributed by atoms with Gasteiger partial charge in [-0.25, -0.2) is 0 Å². The normalized spacial score (nSPS) is 11.1. The number of non-ortho nitro benzene ring substituents is 1. The predicted molar refractivity (Wildman–Crippen MR) is 117 cm³/mol. The number of hydrogen-bond acceptors (Lipinski definition) is 4. The first-order chi connectivity index (χ1) is 13.7. The van der Waals surface area contributed by atoms with E-state index in [1.54, 1.807) is 28.7 Å². The molecule has 5 aromatic rings. The van der Waals surface area contributed by atoms with Crippen LogP contribution in [-0.2, 0) is 0 Å². The van der Waals surface area contributed by atoms with Crippen LogP contribution in [0.25, 0.3) is 37.6 Å². The average molecular weight is 403 g/mol. The molecule has 0 saturated carbocycles. The van der Waals surface area contributed by atoms with E-state index in [1.165, 1.54) is 0 Å². The lowest BCUT2D eigenvalue weighted by Gasteiger charge is -2.15. The Labute approximate surface area is 169 Å². The first-order valence-electron chi connectivity index (χ1n) is 8.70. The topological polar surface area (TPSA) is 48.1 Å². The van der Waals surface area contributed by atoms with E-state index >= 15 is 0 Å². The Kier molecular flexibility index (Phi) is 4.07. The molecule has 6 heteroatoms. The summed E-state index contributed by atoms with van der Waals surface area (Å²) in [6.45, 7) is 0. The minimum atomic E-state index is -0.317. The molecule has 0 atom stereocenters. The number of nitrogens with zero attached hydrogens (tertiary/aromatic N) is 2. The summed E-state index contributed by atoms with van der Waals surface area (Å²) in [6, 6.07) is 23.5. The molecule has 0 fully saturated rings. The number of rotatable bonds is 4. The third-order valence-electron chi connectivity index (χ3n) is 4.74. The second-order valence-electron chi connectivity index (χ2n) is 6.30. The van der Waals surface area contributed by atoms with Crippen molar-refractivity contribution in [3.05, 3.63) is 93.7 Å². The summed E-state index contributed by atoms with van der Waals surface area (Å²) < 4.78 is 2.21. The summed E-state index contributed by atoms with van der Waals surface area (Å²) in [7, 11) is 0. The standard InChI is InChI=1S/C22H14N2O2S2/c25-24(26)18-10-9-17(15-5-1-2-6-16(15)18)23-19(21-7-3-13-27-21)11-12-20(23)22-8-4-14-28-22/h1-14H. The molecule has 136 valence electrons. The van der Waals surface area contributed by atoms with E-state index in [1.807, 2.05) is 42.5 Å². The van der Waals surface area contributed by atoms with Crippen LogP contribution in [0.5, 0.6) is 0 Å². The molecule has 4 nitrogen and oxygen atoms in total. The highest BCUT2D eigenvalue weighted by atomic mass is 32.1. The third-order valence-corrected chi connectivity index (χ3v) is 6.53. The van der Waals surface area contributed by atoms with E-state index in [4.69, 9.17) is 0 Å². The maximum Gasteiger partial charge on any atom is 0.277 e. The molecule has 0 radical (unpaired) electrons. The largest absolute Gasteiger partial charge is 0.307 e. The van der Waals surface area contributed by atoms with Crippen molar-refractivity contribution in [1.82, 2.24) is 4.57 Å². The summed E-state index contributed by atoms with van der Waals surface area (Å²) in [5.74, 6) is 0. The molecule has 0 N–H and O–H groups in total. The Morgan fingerprint density at radius 2 is 1.32 bits per heavy atom. The molecule has 3 aromatic heterocycles. The SMILES string of the molecule is O=[N+]([O-])c1ccc(-n2c(-c3cccs3)ccc2-c2cccs2)c2ccccc12. The van der Waals surface area contributed by atoms with Gasteiger partial charge in [0.2, 0.25) is 0 Å². The van der Waals surface area contributed by atoms with Crippen LogP contribution in [-0.4, -0.2) is 9.49 Å². The van der Waals surface area contributed by atoms with E-state index in [0.29, 0.717) is 5.39 Å². The van der Waals surface area contributed by atoms with E-state index < -0.39 is 0 Å². The van der Waals surface area contributed by atoms with E-state index in [0.717, 1.165) is 32.2 Å². The fraction of sp³-hybridized carbons (Fsp3) is 0. The van der Waals surface area contributed by atoms with Crippen molar-refractivity contribution in [2.75, 3.05) is 0 Å². The molecule has 0 spiro atoms. The van der Waals surface area contributed by atoms with Crippen molar-refractivity contribution < 1.29 is 4.92 Å². The minimum absolute atomic E-state index is 0.127. The molecule has 28 heavy (non-hydrogen) atoms. The predicted octanol–water partition coefficient (Wildman–Crippen LogP) is 7.00. The van der Waals surface area contributed by atoms with Gasteiger partial charge in [0.05, 0.1) is 37.1 Å². The van der Waals surface area contributed by atoms with Crippen molar-refractivity contribution in [1.29, 1.82) is 0 Å². The van der Waals surface area contributed by atoms with Crippen LogP contribution < -0.4 is 0 Å². The van der Waals surface area contributed by atoms with Crippen molar-refractivity contribution in [2.24, 2.45) is 0 Å². The summed E-state index contributed by atoms with van der Waals surface area (Å²) in [5.41, 5.74) is 3.23. The van der Waals surface area contributed by atoms with Gasteiger partial charge >= 0.3 is 0 Å². The zero-order valence-corrected chi connectivity index (χ0v) is 16.2. The van der Waals surface area contributed by atoms with Crippen LogP contribution in [0.3, 0.4) is 0 Å². The Balaban J connectivity index is 1.86. The first-order valence-corrected chi connectivity index (χ1v) is 10.5. The van der Waals surface area contributed by atoms with E-state index in [9.17, 15) is 10.1 Å². The maximum atomic E-state index is 11.5. The van der Waals surface area contributed by atoms with Gasteiger partial charge < -0.3 is 4.57 Å². The second-order valence-corrected chi connectivity index (χ2v) is 8.20. The lowest BCUT2D eigenvalue weighted by atomic mass is 10.1. The molecule has 0 aliphatic carbocycles. The zero-order valence-electron chi connectivity index (χ0n) is 14.6. The summed E-state index contributed by atoms with van der Waals surface area (Å²) in [4.78, 5) is 13.5. The summed E-state index contributed by atoms with van der Waals surface area (Å²) in [6.07, 6.45) is 0. The van der Waals surface area contributed by atoms with E-state index in [2.05, 4.69) is 39.6 Å². The van der Waals surface area contributed by atoms with Gasteiger partial charge in [-0.2, -0.15) is 0 Å². The second kappa shape index (κ2) is 6.74. The zero-order chi connectivity index (χ0) is 19.1. The Bertz CT molecular complexity index is 1230. The van der Waals surface area contributed by atoms with Gasteiger partial charge in [0.1, 0.15) is 0 Å². The Hall–Kier alpha value is -3.22. The quantitative estimate of drug-likeness (QED) is 0.240. The molecule has 0 amide bonds. The van der Waals surface area contributed by atoms with Crippen molar-refractivity contribution in [3.63, 3.8) is 0 Å². The van der Waals surface area contributed by atoms with E-state index in [-0.39, 0.29) is 10.6 Å². The number of nitro groups is 1. The number of nitro benzene ring substituents is 1. The van der Waals surface area contributed by atoms with Gasteiger partial charge in [-0.1, -0.05) is 30.3 Å². The molecular weight excluding hydrogens is 388 g/mol. The summed E-state index contributed by atoms with van der Waals surface area (Å²) in [5, 5.41) is 17.2. The van der Waals surface area contributed by atoms with Crippen LogP contribution in [0.2, 0.25) is 0 Å². The molecule has 2 aromatic carbocycles. The number of thiophene rings is 2. The van der Waals surface area contributed by atoms with Gasteiger partial charge in [0.15, 0.2) is 0 Å². The van der Waals surface area contributed by atoms with Crippen LogP contribution in [0.4, 0.5) is 5.69 Å². The first kappa shape index (κ1) is 16.9. The fourth-order valence-electron chi connectivity index (χ4n) is 3.55. The monoisotopic (exact) mass is 402 g/mol. The van der Waals surface area contributed by atoms with Crippen molar-refractivity contribution in [3.8, 4) is 26.8 Å². The smallest absolute Gasteiger partial charge is 0.277 e.